The van der Waals surface area contributed by atoms with Crippen molar-refractivity contribution in [3.8, 4) is 0 Å². The number of hydrogen-bond donors (Lipinski definition) is 1. The molecule has 3 rings (SSSR count). The fourth-order valence-electron chi connectivity index (χ4n) is 2.87. The third-order valence-electron chi connectivity index (χ3n) is 4.49. The van der Waals surface area contributed by atoms with Crippen molar-refractivity contribution in [3.05, 3.63) is 59.2 Å². The molecule has 2 aromatic carbocycles. The van der Waals surface area contributed by atoms with Crippen LogP contribution in [-0.2, 0) is 14.8 Å². The van der Waals surface area contributed by atoms with Crippen LogP contribution in [0.1, 0.15) is 17.5 Å². The van der Waals surface area contributed by atoms with Crippen molar-refractivity contribution < 1.29 is 22.0 Å². The molecule has 1 atom stereocenters. The minimum absolute atomic E-state index is 0.238. The number of benzene rings is 2. The number of halogens is 2. The predicted molar refractivity (Wildman–Crippen MR) is 93.4 cm³/mol. The minimum Gasteiger partial charge on any atom is -0.311 e. The van der Waals surface area contributed by atoms with Gasteiger partial charge >= 0.3 is 0 Å². The maximum atomic E-state index is 13.8. The number of amides is 1. The van der Waals surface area contributed by atoms with Gasteiger partial charge in [0.2, 0.25) is 15.9 Å². The second-order valence-corrected chi connectivity index (χ2v) is 7.98. The lowest BCUT2D eigenvalue weighted by molar-refractivity contribution is -0.118. The summed E-state index contributed by atoms with van der Waals surface area (Å²) in [5.41, 5.74) is 2.78. The van der Waals surface area contributed by atoms with Gasteiger partial charge in [0, 0.05) is 12.2 Å². The largest absolute Gasteiger partial charge is 0.311 e. The van der Waals surface area contributed by atoms with E-state index in [1.807, 2.05) is 26.0 Å². The fraction of sp³-hybridized carbons (Fsp3) is 0.278. The summed E-state index contributed by atoms with van der Waals surface area (Å²) >= 11 is 0. The second kappa shape index (κ2) is 6.77. The van der Waals surface area contributed by atoms with Gasteiger partial charge in [-0.25, -0.2) is 17.2 Å². The van der Waals surface area contributed by atoms with Crippen LogP contribution >= 0.6 is 0 Å². The first-order chi connectivity index (χ1) is 12.2. The van der Waals surface area contributed by atoms with Crippen LogP contribution in [0.3, 0.4) is 0 Å². The molecule has 0 spiro atoms. The number of rotatable bonds is 4. The highest BCUT2D eigenvalue weighted by molar-refractivity contribution is 7.89. The Morgan fingerprint density at radius 3 is 2.50 bits per heavy atom. The first kappa shape index (κ1) is 18.5. The number of carbonyl (C=O) groups is 1. The Bertz CT molecular complexity index is 976. The Kier molecular flexibility index (Phi) is 4.81. The van der Waals surface area contributed by atoms with Crippen LogP contribution in [0.4, 0.5) is 14.5 Å². The van der Waals surface area contributed by atoms with E-state index in [0.717, 1.165) is 23.3 Å². The van der Waals surface area contributed by atoms with Crippen LogP contribution in [0.15, 0.2) is 41.3 Å². The van der Waals surface area contributed by atoms with Gasteiger partial charge in [0.15, 0.2) is 0 Å². The van der Waals surface area contributed by atoms with Gasteiger partial charge in [-0.05, 0) is 61.7 Å². The third-order valence-corrected chi connectivity index (χ3v) is 5.97. The number of carbonyl (C=O) groups excluding carboxylic acids is 1. The van der Waals surface area contributed by atoms with Crippen molar-refractivity contribution in [2.45, 2.75) is 31.2 Å². The lowest BCUT2D eigenvalue weighted by atomic mass is 10.1. The number of aryl methyl sites for hydroxylation is 2. The van der Waals surface area contributed by atoms with Crippen molar-refractivity contribution in [3.63, 3.8) is 0 Å². The average molecular weight is 380 g/mol. The fourth-order valence-corrected chi connectivity index (χ4v) is 4.19. The van der Waals surface area contributed by atoms with Gasteiger partial charge in [-0.15, -0.1) is 0 Å². The van der Waals surface area contributed by atoms with Gasteiger partial charge in [-0.1, -0.05) is 6.07 Å². The molecular formula is C18H18F2N2O3S. The summed E-state index contributed by atoms with van der Waals surface area (Å²) in [6.45, 7) is 4.21. The molecule has 1 N–H and O–H groups in total. The normalized spacial score (nSPS) is 17.8. The average Bonchev–Trinajstić information content (AvgIpc) is 2.92. The first-order valence-corrected chi connectivity index (χ1v) is 9.53. The molecule has 138 valence electrons. The number of nitrogens with one attached hydrogen (secondary N) is 1. The summed E-state index contributed by atoms with van der Waals surface area (Å²) < 4.78 is 54.0. The summed E-state index contributed by atoms with van der Waals surface area (Å²) in [6.07, 6.45) is 0.238. The molecule has 8 heteroatoms. The first-order valence-electron chi connectivity index (χ1n) is 8.05. The molecule has 1 unspecified atom stereocenters. The molecule has 0 radical (unpaired) electrons. The molecular weight excluding hydrogens is 362 g/mol. The topological polar surface area (TPSA) is 66.5 Å². The molecule has 26 heavy (non-hydrogen) atoms. The van der Waals surface area contributed by atoms with E-state index < -0.39 is 38.5 Å². The van der Waals surface area contributed by atoms with Crippen molar-refractivity contribution in [2.75, 3.05) is 11.4 Å². The molecule has 1 heterocycles. The van der Waals surface area contributed by atoms with Crippen molar-refractivity contribution in [2.24, 2.45) is 0 Å². The highest BCUT2D eigenvalue weighted by atomic mass is 32.2. The lowest BCUT2D eigenvalue weighted by Gasteiger charge is -2.18. The molecule has 1 fully saturated rings. The second-order valence-electron chi connectivity index (χ2n) is 6.30. The van der Waals surface area contributed by atoms with Crippen LogP contribution in [0.25, 0.3) is 0 Å². The van der Waals surface area contributed by atoms with E-state index in [2.05, 4.69) is 4.72 Å². The number of sulfonamides is 1. The smallest absolute Gasteiger partial charge is 0.245 e. The van der Waals surface area contributed by atoms with Gasteiger partial charge in [0.1, 0.15) is 22.6 Å². The third kappa shape index (κ3) is 3.47. The Morgan fingerprint density at radius 2 is 1.81 bits per heavy atom. The standard InChI is InChI=1S/C18H18F2N2O3S/c1-11-3-5-14(9-12(11)2)22-8-7-16(18(22)23)21-26(24,25)17-10-13(19)4-6-15(17)20/h3-6,9-10,16,21H,7-8H2,1-2H3. The van der Waals surface area contributed by atoms with E-state index in [1.54, 1.807) is 6.07 Å². The van der Waals surface area contributed by atoms with Crippen molar-refractivity contribution in [1.29, 1.82) is 0 Å². The molecule has 2 aromatic rings. The maximum Gasteiger partial charge on any atom is 0.245 e. The zero-order chi connectivity index (χ0) is 19.1. The molecule has 1 aliphatic rings. The monoisotopic (exact) mass is 380 g/mol. The molecule has 1 aliphatic heterocycles. The van der Waals surface area contributed by atoms with Crippen LogP contribution in [-0.4, -0.2) is 26.9 Å². The van der Waals surface area contributed by atoms with Gasteiger partial charge < -0.3 is 4.90 Å². The molecule has 0 aromatic heterocycles. The summed E-state index contributed by atoms with van der Waals surface area (Å²) in [5.74, 6) is -2.37. The van der Waals surface area contributed by atoms with Gasteiger partial charge in [0.25, 0.3) is 0 Å². The van der Waals surface area contributed by atoms with Crippen LogP contribution in [0.2, 0.25) is 0 Å². The Balaban J connectivity index is 1.82. The van der Waals surface area contributed by atoms with Crippen molar-refractivity contribution >= 4 is 21.6 Å². The van der Waals surface area contributed by atoms with Crippen molar-refractivity contribution in [1.82, 2.24) is 4.72 Å². The number of nitrogens with zero attached hydrogens (tertiary/aromatic N) is 1. The summed E-state index contributed by atoms with van der Waals surface area (Å²) in [6, 6.07) is 6.68. The molecule has 0 bridgehead atoms. The van der Waals surface area contributed by atoms with Crippen LogP contribution < -0.4 is 9.62 Å². The van der Waals surface area contributed by atoms with Gasteiger partial charge in [0.05, 0.1) is 0 Å². The minimum atomic E-state index is -4.36. The Morgan fingerprint density at radius 1 is 1.08 bits per heavy atom. The quantitative estimate of drug-likeness (QED) is 0.887. The van der Waals surface area contributed by atoms with E-state index in [0.29, 0.717) is 18.3 Å². The SMILES string of the molecule is Cc1ccc(N2CCC(NS(=O)(=O)c3cc(F)ccc3F)C2=O)cc1C. The van der Waals surface area contributed by atoms with Crippen LogP contribution in [0, 0.1) is 25.5 Å². The number of hydrogen-bond acceptors (Lipinski definition) is 3. The summed E-state index contributed by atoms with van der Waals surface area (Å²) in [4.78, 5) is 13.3. The molecule has 0 aliphatic carbocycles. The molecule has 0 saturated carbocycles. The predicted octanol–water partition coefficient (Wildman–Crippen LogP) is 2.67. The van der Waals surface area contributed by atoms with E-state index in [9.17, 15) is 22.0 Å². The summed E-state index contributed by atoms with van der Waals surface area (Å²) in [5, 5.41) is 0. The lowest BCUT2D eigenvalue weighted by Crippen LogP contribution is -2.41. The zero-order valence-corrected chi connectivity index (χ0v) is 15.1. The van der Waals surface area contributed by atoms with Gasteiger partial charge in [-0.3, -0.25) is 4.79 Å². The highest BCUT2D eigenvalue weighted by Crippen LogP contribution is 2.25. The van der Waals surface area contributed by atoms with Gasteiger partial charge in [-0.2, -0.15) is 4.72 Å². The Hall–Kier alpha value is -2.32. The molecule has 5 nitrogen and oxygen atoms in total. The van der Waals surface area contributed by atoms with E-state index in [4.69, 9.17) is 0 Å². The van der Waals surface area contributed by atoms with E-state index in [1.165, 1.54) is 4.90 Å². The van der Waals surface area contributed by atoms with Crippen LogP contribution in [0.5, 0.6) is 0 Å². The maximum absolute atomic E-state index is 13.8. The van der Waals surface area contributed by atoms with E-state index in [-0.39, 0.29) is 6.42 Å². The zero-order valence-electron chi connectivity index (χ0n) is 14.3. The molecule has 1 amide bonds. The highest BCUT2D eigenvalue weighted by Gasteiger charge is 2.36. The van der Waals surface area contributed by atoms with E-state index >= 15 is 0 Å². The summed E-state index contributed by atoms with van der Waals surface area (Å²) in [7, 11) is -4.36. The number of anilines is 1. The molecule has 1 saturated heterocycles. The Labute approximate surface area is 150 Å².